The highest BCUT2D eigenvalue weighted by atomic mass is 16.3. The molecular formula is C15H20O3. The van der Waals surface area contributed by atoms with Gasteiger partial charge in [-0.05, 0) is 26.7 Å². The van der Waals surface area contributed by atoms with Crippen molar-refractivity contribution >= 4 is 12.1 Å². The van der Waals surface area contributed by atoms with E-state index in [0.717, 1.165) is 18.3 Å². The van der Waals surface area contributed by atoms with Crippen molar-refractivity contribution in [1.82, 2.24) is 0 Å². The first-order valence-electron chi connectivity index (χ1n) is 6.45. The molecule has 1 unspecified atom stereocenters. The van der Waals surface area contributed by atoms with Crippen LogP contribution in [-0.2, 0) is 9.59 Å². The van der Waals surface area contributed by atoms with Crippen molar-refractivity contribution in [3.8, 4) is 0 Å². The molecule has 0 aromatic carbocycles. The van der Waals surface area contributed by atoms with Gasteiger partial charge in [-0.15, -0.1) is 0 Å². The second kappa shape index (κ2) is 4.16. The Hall–Kier alpha value is -1.22. The molecule has 1 N–H and O–H groups in total. The standard InChI is InChI=1S/C15H20O3/c1-10(9-16)12-8-14(2)11(7-13(12)17)5-4-6-15(14,3)18/h5,8-10,18H,4,6-7H2,1-3H3/t10?,14-,15+/m0/s1. The van der Waals surface area contributed by atoms with E-state index >= 15 is 0 Å². The van der Waals surface area contributed by atoms with E-state index in [1.54, 1.807) is 6.92 Å². The second-order valence-electron chi connectivity index (χ2n) is 5.87. The summed E-state index contributed by atoms with van der Waals surface area (Å²) >= 11 is 0. The zero-order chi connectivity index (χ0) is 13.6. The Balaban J connectivity index is 2.55. The Labute approximate surface area is 108 Å². The minimum Gasteiger partial charge on any atom is -0.389 e. The van der Waals surface area contributed by atoms with Crippen molar-refractivity contribution in [2.24, 2.45) is 11.3 Å². The predicted octanol–water partition coefficient (Wildman–Crippen LogP) is 2.20. The van der Waals surface area contributed by atoms with Crippen molar-refractivity contribution in [1.29, 1.82) is 0 Å². The Morgan fingerprint density at radius 3 is 2.72 bits per heavy atom. The average molecular weight is 248 g/mol. The number of Topliss-reactive ketones (excluding diaryl/α,β-unsaturated/α-hetero) is 1. The van der Waals surface area contributed by atoms with Crippen LogP contribution < -0.4 is 0 Å². The van der Waals surface area contributed by atoms with Gasteiger partial charge in [0, 0.05) is 23.3 Å². The maximum Gasteiger partial charge on any atom is 0.163 e. The molecule has 18 heavy (non-hydrogen) atoms. The summed E-state index contributed by atoms with van der Waals surface area (Å²) < 4.78 is 0. The highest BCUT2D eigenvalue weighted by molar-refractivity contribution is 6.01. The van der Waals surface area contributed by atoms with E-state index in [1.165, 1.54) is 0 Å². The van der Waals surface area contributed by atoms with E-state index in [9.17, 15) is 14.7 Å². The summed E-state index contributed by atoms with van der Waals surface area (Å²) in [5.74, 6) is -0.385. The number of fused-ring (bicyclic) bond motifs is 1. The molecule has 0 radical (unpaired) electrons. The number of hydrogen-bond acceptors (Lipinski definition) is 3. The molecule has 0 saturated carbocycles. The van der Waals surface area contributed by atoms with E-state index < -0.39 is 16.9 Å². The van der Waals surface area contributed by atoms with E-state index in [-0.39, 0.29) is 5.78 Å². The molecule has 0 spiro atoms. The fraction of sp³-hybridized carbons (Fsp3) is 0.600. The lowest BCUT2D eigenvalue weighted by Crippen LogP contribution is -2.48. The number of carbonyl (C=O) groups excluding carboxylic acids is 2. The minimum absolute atomic E-state index is 0.0102. The molecule has 0 saturated heterocycles. The molecule has 3 nitrogen and oxygen atoms in total. The quantitative estimate of drug-likeness (QED) is 0.602. The highest BCUT2D eigenvalue weighted by Crippen LogP contribution is 2.50. The van der Waals surface area contributed by atoms with Crippen LogP contribution in [0.25, 0.3) is 0 Å². The molecule has 0 aromatic heterocycles. The lowest BCUT2D eigenvalue weighted by atomic mass is 9.59. The first-order chi connectivity index (χ1) is 8.32. The molecule has 2 aliphatic rings. The normalized spacial score (nSPS) is 37.4. The van der Waals surface area contributed by atoms with Crippen molar-refractivity contribution in [2.45, 2.75) is 45.6 Å². The van der Waals surface area contributed by atoms with E-state index in [0.29, 0.717) is 18.4 Å². The van der Waals surface area contributed by atoms with Gasteiger partial charge in [-0.3, -0.25) is 4.79 Å². The predicted molar refractivity (Wildman–Crippen MR) is 69.0 cm³/mol. The number of rotatable bonds is 2. The molecule has 0 heterocycles. The van der Waals surface area contributed by atoms with Gasteiger partial charge < -0.3 is 9.90 Å². The number of allylic oxidation sites excluding steroid dienone is 2. The monoisotopic (exact) mass is 248 g/mol. The Morgan fingerprint density at radius 1 is 1.44 bits per heavy atom. The van der Waals surface area contributed by atoms with Crippen LogP contribution in [0.2, 0.25) is 0 Å². The minimum atomic E-state index is -0.856. The van der Waals surface area contributed by atoms with Crippen molar-refractivity contribution in [2.75, 3.05) is 0 Å². The summed E-state index contributed by atoms with van der Waals surface area (Å²) in [5, 5.41) is 10.6. The van der Waals surface area contributed by atoms with E-state index in [1.807, 2.05) is 19.9 Å². The smallest absolute Gasteiger partial charge is 0.163 e. The van der Waals surface area contributed by atoms with Gasteiger partial charge in [0.1, 0.15) is 6.29 Å². The number of ketones is 1. The maximum absolute atomic E-state index is 12.1. The summed E-state index contributed by atoms with van der Waals surface area (Å²) in [7, 11) is 0. The Kier molecular flexibility index (Phi) is 3.06. The average Bonchev–Trinajstić information content (AvgIpc) is 2.30. The van der Waals surface area contributed by atoms with Gasteiger partial charge in [0.2, 0.25) is 0 Å². The largest absolute Gasteiger partial charge is 0.389 e. The first-order valence-corrected chi connectivity index (χ1v) is 6.45. The van der Waals surface area contributed by atoms with Crippen LogP contribution in [0, 0.1) is 11.3 Å². The highest BCUT2D eigenvalue weighted by Gasteiger charge is 2.49. The second-order valence-corrected chi connectivity index (χ2v) is 5.87. The van der Waals surface area contributed by atoms with Crippen LogP contribution in [0.3, 0.4) is 0 Å². The molecule has 0 fully saturated rings. The van der Waals surface area contributed by atoms with Crippen LogP contribution in [0.15, 0.2) is 23.3 Å². The van der Waals surface area contributed by atoms with Gasteiger partial charge in [-0.1, -0.05) is 24.6 Å². The van der Waals surface area contributed by atoms with Gasteiger partial charge in [0.25, 0.3) is 0 Å². The molecule has 98 valence electrons. The van der Waals surface area contributed by atoms with Crippen molar-refractivity contribution < 1.29 is 14.7 Å². The summed E-state index contributed by atoms with van der Waals surface area (Å²) in [6, 6.07) is 0. The molecule has 3 heteroatoms. The lowest BCUT2D eigenvalue weighted by molar-refractivity contribution is -0.119. The maximum atomic E-state index is 12.1. The molecule has 0 aliphatic heterocycles. The molecular weight excluding hydrogens is 228 g/mol. The molecule has 0 aromatic rings. The van der Waals surface area contributed by atoms with Crippen LogP contribution >= 0.6 is 0 Å². The van der Waals surface area contributed by atoms with Gasteiger partial charge in [-0.25, -0.2) is 0 Å². The zero-order valence-corrected chi connectivity index (χ0v) is 11.2. The van der Waals surface area contributed by atoms with E-state index in [4.69, 9.17) is 0 Å². The summed E-state index contributed by atoms with van der Waals surface area (Å²) in [4.78, 5) is 23.0. The molecule has 0 amide bonds. The Morgan fingerprint density at radius 2 is 2.11 bits per heavy atom. The first kappa shape index (κ1) is 13.2. The molecule has 2 aliphatic carbocycles. The number of hydrogen-bond donors (Lipinski definition) is 1. The van der Waals surface area contributed by atoms with Crippen LogP contribution in [0.4, 0.5) is 0 Å². The van der Waals surface area contributed by atoms with Gasteiger partial charge in [0.15, 0.2) is 5.78 Å². The van der Waals surface area contributed by atoms with Crippen LogP contribution in [-0.4, -0.2) is 22.8 Å². The van der Waals surface area contributed by atoms with Crippen LogP contribution in [0.5, 0.6) is 0 Å². The lowest BCUT2D eigenvalue weighted by Gasteiger charge is -2.48. The van der Waals surface area contributed by atoms with Gasteiger partial charge in [-0.2, -0.15) is 0 Å². The van der Waals surface area contributed by atoms with Gasteiger partial charge >= 0.3 is 0 Å². The topological polar surface area (TPSA) is 54.4 Å². The number of carbonyl (C=O) groups is 2. The third kappa shape index (κ3) is 1.77. The number of aldehydes is 1. The third-order valence-electron chi connectivity index (χ3n) is 4.62. The van der Waals surface area contributed by atoms with Crippen molar-refractivity contribution in [3.63, 3.8) is 0 Å². The summed E-state index contributed by atoms with van der Waals surface area (Å²) in [6.45, 7) is 5.50. The fourth-order valence-corrected chi connectivity index (χ4v) is 2.97. The SMILES string of the molecule is CC(C=O)C1=C[C@@]2(C)C(=CCC[C@@]2(C)O)CC1=O. The third-order valence-corrected chi connectivity index (χ3v) is 4.62. The van der Waals surface area contributed by atoms with Crippen LogP contribution in [0.1, 0.15) is 40.0 Å². The molecule has 3 atom stereocenters. The summed E-state index contributed by atoms with van der Waals surface area (Å²) in [5.41, 5.74) is 0.162. The van der Waals surface area contributed by atoms with Crippen molar-refractivity contribution in [3.05, 3.63) is 23.3 Å². The number of aliphatic hydroxyl groups is 1. The molecule has 0 bridgehead atoms. The summed E-state index contributed by atoms with van der Waals surface area (Å²) in [6.07, 6.45) is 6.49. The molecule has 2 rings (SSSR count). The van der Waals surface area contributed by atoms with E-state index in [2.05, 4.69) is 6.08 Å². The van der Waals surface area contributed by atoms with Gasteiger partial charge in [0.05, 0.1) is 5.60 Å². The zero-order valence-electron chi connectivity index (χ0n) is 11.2. The Bertz CT molecular complexity index is 456. The fourth-order valence-electron chi connectivity index (χ4n) is 2.97.